The molecule has 3 heteroatoms. The minimum Gasteiger partial charge on any atom is -0.349 e. The first-order valence-corrected chi connectivity index (χ1v) is 8.95. The molecule has 1 amide bonds. The molecule has 1 aromatic heterocycles. The Morgan fingerprint density at radius 2 is 2.00 bits per heavy atom. The topological polar surface area (TPSA) is 29.1 Å². The van der Waals surface area contributed by atoms with E-state index < -0.39 is 0 Å². The zero-order valence-corrected chi connectivity index (χ0v) is 13.4. The van der Waals surface area contributed by atoms with Crippen molar-refractivity contribution in [3.8, 4) is 0 Å². The molecule has 0 saturated heterocycles. The lowest BCUT2D eigenvalue weighted by molar-refractivity contribution is 0.0890. The summed E-state index contributed by atoms with van der Waals surface area (Å²) in [4.78, 5) is 14.0. The normalized spacial score (nSPS) is 29.8. The Balaban J connectivity index is 1.71. The van der Waals surface area contributed by atoms with Gasteiger partial charge in [-0.3, -0.25) is 4.79 Å². The summed E-state index contributed by atoms with van der Waals surface area (Å²) in [5.74, 6) is 1.50. The van der Waals surface area contributed by atoms with Crippen LogP contribution in [0.15, 0.2) is 5.38 Å². The Morgan fingerprint density at radius 3 is 2.85 bits per heavy atom. The summed E-state index contributed by atoms with van der Waals surface area (Å²) in [7, 11) is 0. The maximum Gasteiger partial charge on any atom is 0.252 e. The summed E-state index contributed by atoms with van der Waals surface area (Å²) in [6.45, 7) is 4.60. The Hall–Kier alpha value is -0.830. The number of hydrogen-bond donors (Lipinski definition) is 1. The number of rotatable bonds is 2. The average molecular weight is 291 g/mol. The van der Waals surface area contributed by atoms with Crippen LogP contribution in [0.4, 0.5) is 0 Å². The van der Waals surface area contributed by atoms with Crippen molar-refractivity contribution in [1.82, 2.24) is 5.32 Å². The first-order chi connectivity index (χ1) is 9.66. The van der Waals surface area contributed by atoms with Gasteiger partial charge < -0.3 is 5.32 Å². The second kappa shape index (κ2) is 5.88. The Labute approximate surface area is 126 Å². The lowest BCUT2D eigenvalue weighted by atomic mass is 9.78. The molecule has 1 heterocycles. The number of hydrogen-bond acceptors (Lipinski definition) is 2. The summed E-state index contributed by atoms with van der Waals surface area (Å²) < 4.78 is 0. The fourth-order valence-electron chi connectivity index (χ4n) is 3.72. The van der Waals surface area contributed by atoms with Crippen molar-refractivity contribution >= 4 is 17.2 Å². The van der Waals surface area contributed by atoms with Crippen LogP contribution in [-0.2, 0) is 12.8 Å². The molecule has 0 unspecified atom stereocenters. The van der Waals surface area contributed by atoms with Crippen LogP contribution in [0.5, 0.6) is 0 Å². The summed E-state index contributed by atoms with van der Waals surface area (Å²) >= 11 is 1.78. The van der Waals surface area contributed by atoms with Crippen LogP contribution in [0, 0.1) is 11.8 Å². The van der Waals surface area contributed by atoms with Crippen molar-refractivity contribution in [2.24, 2.45) is 11.8 Å². The Bertz CT molecular complexity index is 493. The molecule has 1 fully saturated rings. The van der Waals surface area contributed by atoms with Crippen LogP contribution in [0.2, 0.25) is 0 Å². The molecule has 110 valence electrons. The van der Waals surface area contributed by atoms with E-state index in [0.29, 0.717) is 12.0 Å². The largest absolute Gasteiger partial charge is 0.349 e. The fourth-order valence-corrected chi connectivity index (χ4v) is 4.84. The summed E-state index contributed by atoms with van der Waals surface area (Å²) in [6, 6.07) is 0.366. The molecule has 1 N–H and O–H groups in total. The summed E-state index contributed by atoms with van der Waals surface area (Å²) in [5.41, 5.74) is 2.31. The molecule has 3 atom stereocenters. The lowest BCUT2D eigenvalue weighted by Gasteiger charge is -2.34. The number of fused-ring (bicyclic) bond motifs is 1. The van der Waals surface area contributed by atoms with Crippen molar-refractivity contribution in [2.45, 2.75) is 64.8 Å². The molecule has 1 saturated carbocycles. The van der Waals surface area contributed by atoms with Crippen molar-refractivity contribution in [3.05, 3.63) is 21.4 Å². The molecule has 0 aliphatic heterocycles. The Morgan fingerprint density at radius 1 is 1.20 bits per heavy atom. The molecule has 20 heavy (non-hydrogen) atoms. The van der Waals surface area contributed by atoms with Gasteiger partial charge >= 0.3 is 0 Å². The first-order valence-electron chi connectivity index (χ1n) is 8.07. The number of carbonyl (C=O) groups is 1. The van der Waals surface area contributed by atoms with Crippen molar-refractivity contribution in [3.63, 3.8) is 0 Å². The molecule has 0 aromatic carbocycles. The molecule has 1 aromatic rings. The molecule has 0 radical (unpaired) electrons. The highest BCUT2D eigenvalue weighted by Gasteiger charge is 2.29. The number of thiophene rings is 1. The molecular weight excluding hydrogens is 266 g/mol. The van der Waals surface area contributed by atoms with E-state index in [1.54, 1.807) is 11.3 Å². The third-order valence-corrected chi connectivity index (χ3v) is 6.42. The van der Waals surface area contributed by atoms with Crippen molar-refractivity contribution < 1.29 is 4.79 Å². The monoisotopic (exact) mass is 291 g/mol. The number of carbonyl (C=O) groups excluding carboxylic acids is 1. The molecule has 0 bridgehead atoms. The standard InChI is InChI=1S/C17H25NOS/c1-11-6-5-8-15(12(11)2)18-17(19)14-10-20-16-9-4-3-7-13(14)16/h10-12,15H,3-9H2,1-2H3,(H,18,19)/t11-,12-,15+/m1/s1. The van der Waals surface area contributed by atoms with Gasteiger partial charge in [-0.1, -0.05) is 26.7 Å². The highest BCUT2D eigenvalue weighted by Crippen LogP contribution is 2.32. The van der Waals surface area contributed by atoms with Crippen LogP contribution in [0.3, 0.4) is 0 Å². The minimum absolute atomic E-state index is 0.176. The maximum atomic E-state index is 12.6. The van der Waals surface area contributed by atoms with Gasteiger partial charge in [-0.15, -0.1) is 11.3 Å². The minimum atomic E-state index is 0.176. The average Bonchev–Trinajstić information content (AvgIpc) is 2.88. The first kappa shape index (κ1) is 14.1. The van der Waals surface area contributed by atoms with Gasteiger partial charge in [0, 0.05) is 16.3 Å². The third kappa shape index (κ3) is 2.65. The zero-order valence-electron chi connectivity index (χ0n) is 12.6. The van der Waals surface area contributed by atoms with Gasteiger partial charge in [-0.25, -0.2) is 0 Å². The predicted octanol–water partition coefficient (Wildman–Crippen LogP) is 4.18. The summed E-state index contributed by atoms with van der Waals surface area (Å²) in [6.07, 6.45) is 8.48. The third-order valence-electron chi connectivity index (χ3n) is 5.33. The van der Waals surface area contributed by atoms with Gasteiger partial charge in [-0.2, -0.15) is 0 Å². The van der Waals surface area contributed by atoms with E-state index in [1.165, 1.54) is 42.5 Å². The van der Waals surface area contributed by atoms with E-state index in [2.05, 4.69) is 24.5 Å². The molecule has 2 nitrogen and oxygen atoms in total. The number of aryl methyl sites for hydroxylation is 1. The van der Waals surface area contributed by atoms with Crippen LogP contribution < -0.4 is 5.32 Å². The van der Waals surface area contributed by atoms with Gasteiger partial charge in [0.25, 0.3) is 5.91 Å². The van der Waals surface area contributed by atoms with Crippen molar-refractivity contribution in [1.29, 1.82) is 0 Å². The van der Waals surface area contributed by atoms with Gasteiger partial charge in [0.05, 0.1) is 5.56 Å². The molecule has 0 spiro atoms. The lowest BCUT2D eigenvalue weighted by Crippen LogP contribution is -2.43. The fraction of sp³-hybridized carbons (Fsp3) is 0.706. The highest BCUT2D eigenvalue weighted by molar-refractivity contribution is 7.10. The van der Waals surface area contributed by atoms with Crippen LogP contribution in [-0.4, -0.2) is 11.9 Å². The second-order valence-corrected chi connectivity index (χ2v) is 7.57. The highest BCUT2D eigenvalue weighted by atomic mass is 32.1. The zero-order chi connectivity index (χ0) is 14.1. The SMILES string of the molecule is C[C@@H]1[C@H](C)CCC[C@@H]1NC(=O)c1csc2c1CCCC2. The molecule has 3 rings (SSSR count). The number of nitrogens with one attached hydrogen (secondary N) is 1. The van der Waals surface area contributed by atoms with E-state index in [0.717, 1.165) is 24.3 Å². The van der Waals surface area contributed by atoms with E-state index in [9.17, 15) is 4.79 Å². The summed E-state index contributed by atoms with van der Waals surface area (Å²) in [5, 5.41) is 5.40. The Kier molecular flexibility index (Phi) is 4.16. The van der Waals surface area contributed by atoms with Gasteiger partial charge in [0.1, 0.15) is 0 Å². The van der Waals surface area contributed by atoms with Crippen LogP contribution >= 0.6 is 11.3 Å². The smallest absolute Gasteiger partial charge is 0.252 e. The van der Waals surface area contributed by atoms with E-state index in [-0.39, 0.29) is 5.91 Å². The molecular formula is C17H25NOS. The van der Waals surface area contributed by atoms with Gasteiger partial charge in [-0.05, 0) is 49.5 Å². The second-order valence-electron chi connectivity index (χ2n) is 6.61. The maximum absolute atomic E-state index is 12.6. The van der Waals surface area contributed by atoms with Gasteiger partial charge in [0.2, 0.25) is 0 Å². The molecule has 2 aliphatic carbocycles. The number of amides is 1. The van der Waals surface area contributed by atoms with Crippen LogP contribution in [0.1, 0.15) is 66.8 Å². The quantitative estimate of drug-likeness (QED) is 0.870. The van der Waals surface area contributed by atoms with Crippen LogP contribution in [0.25, 0.3) is 0 Å². The van der Waals surface area contributed by atoms with Gasteiger partial charge in [0.15, 0.2) is 0 Å². The molecule has 2 aliphatic rings. The van der Waals surface area contributed by atoms with E-state index >= 15 is 0 Å². The van der Waals surface area contributed by atoms with E-state index in [1.807, 2.05) is 0 Å². The van der Waals surface area contributed by atoms with Crippen molar-refractivity contribution in [2.75, 3.05) is 0 Å². The predicted molar refractivity (Wildman–Crippen MR) is 84.4 cm³/mol. The van der Waals surface area contributed by atoms with E-state index in [4.69, 9.17) is 0 Å².